The Bertz CT molecular complexity index is 1560. The van der Waals surface area contributed by atoms with Gasteiger partial charge in [-0.25, -0.2) is 9.07 Å². The van der Waals surface area contributed by atoms with Crippen LogP contribution in [0, 0.1) is 18.7 Å². The number of aliphatic carboxylic acids is 1. The van der Waals surface area contributed by atoms with E-state index in [4.69, 9.17) is 0 Å². The van der Waals surface area contributed by atoms with Crippen LogP contribution in [0.15, 0.2) is 59.5 Å². The number of rotatable bonds is 8. The van der Waals surface area contributed by atoms with Gasteiger partial charge in [-0.3, -0.25) is 13.9 Å². The topological polar surface area (TPSA) is 112 Å². The Morgan fingerprint density at radius 1 is 1.15 bits per heavy atom. The molecule has 3 aromatic carbocycles. The quantitative estimate of drug-likeness (QED) is 0.220. The summed E-state index contributed by atoms with van der Waals surface area (Å²) in [7, 11) is -3.25. The second-order valence-corrected chi connectivity index (χ2v) is 12.5. The number of fused-ring (bicyclic) bond motifs is 2. The van der Waals surface area contributed by atoms with Crippen molar-refractivity contribution in [3.05, 3.63) is 88.2 Å². The molecule has 2 heterocycles. The molecule has 0 bridgehead atoms. The molecule has 5 rings (SSSR count). The van der Waals surface area contributed by atoms with Gasteiger partial charge in [0.1, 0.15) is 5.52 Å². The monoisotopic (exact) mass is 566 g/mol. The zero-order valence-electron chi connectivity index (χ0n) is 22.9. The SMILES string of the molecule is CC[C@H]1Cc2ccccc2S(O)(O)N(Cc2cc([C@H](CC(=O)O)c3ccc4c(nnn4CC)c3F)ccc2C)C1. The van der Waals surface area contributed by atoms with Gasteiger partial charge in [0.25, 0.3) is 0 Å². The minimum Gasteiger partial charge on any atom is -0.481 e. The molecule has 2 atom stereocenters. The largest absolute Gasteiger partial charge is 0.481 e. The predicted molar refractivity (Wildman–Crippen MR) is 154 cm³/mol. The molecule has 212 valence electrons. The summed E-state index contributed by atoms with van der Waals surface area (Å²) in [4.78, 5) is 12.5. The van der Waals surface area contributed by atoms with Gasteiger partial charge < -0.3 is 5.11 Å². The number of halogens is 1. The van der Waals surface area contributed by atoms with Crippen molar-refractivity contribution in [3.63, 3.8) is 0 Å². The Labute approximate surface area is 234 Å². The maximum Gasteiger partial charge on any atom is 0.304 e. The first-order valence-electron chi connectivity index (χ1n) is 13.6. The summed E-state index contributed by atoms with van der Waals surface area (Å²) in [6.07, 6.45) is 1.35. The van der Waals surface area contributed by atoms with Crippen LogP contribution in [0.2, 0.25) is 0 Å². The maximum absolute atomic E-state index is 15.7. The molecule has 1 aliphatic rings. The van der Waals surface area contributed by atoms with Crippen molar-refractivity contribution in [2.24, 2.45) is 5.92 Å². The highest BCUT2D eigenvalue weighted by atomic mass is 32.3. The van der Waals surface area contributed by atoms with E-state index in [9.17, 15) is 19.0 Å². The Morgan fingerprint density at radius 3 is 2.65 bits per heavy atom. The summed E-state index contributed by atoms with van der Waals surface area (Å²) < 4.78 is 42.1. The lowest BCUT2D eigenvalue weighted by atomic mass is 9.86. The summed E-state index contributed by atoms with van der Waals surface area (Å²) in [5.41, 5.74) is 4.27. The molecular formula is C30H35FN4O4S. The zero-order valence-corrected chi connectivity index (χ0v) is 23.7. The Hall–Kier alpha value is -3.31. The maximum atomic E-state index is 15.7. The Balaban J connectivity index is 1.55. The van der Waals surface area contributed by atoms with Gasteiger partial charge in [-0.1, -0.05) is 61.0 Å². The Morgan fingerprint density at radius 2 is 1.93 bits per heavy atom. The van der Waals surface area contributed by atoms with Crippen molar-refractivity contribution in [1.29, 1.82) is 0 Å². The van der Waals surface area contributed by atoms with Crippen LogP contribution in [0.3, 0.4) is 0 Å². The molecule has 0 spiro atoms. The average Bonchev–Trinajstić information content (AvgIpc) is 3.32. The minimum atomic E-state index is -3.25. The number of carbonyl (C=O) groups is 1. The lowest BCUT2D eigenvalue weighted by Gasteiger charge is -2.43. The summed E-state index contributed by atoms with van der Waals surface area (Å²) in [6.45, 7) is 7.24. The van der Waals surface area contributed by atoms with Crippen molar-refractivity contribution in [3.8, 4) is 0 Å². The number of carboxylic acid groups (broad SMARTS) is 1. The smallest absolute Gasteiger partial charge is 0.304 e. The zero-order chi connectivity index (χ0) is 28.6. The number of hydrogen-bond acceptors (Lipinski definition) is 6. The van der Waals surface area contributed by atoms with Crippen molar-refractivity contribution in [2.45, 2.75) is 63.9 Å². The minimum absolute atomic E-state index is 0.116. The second-order valence-electron chi connectivity index (χ2n) is 10.5. The van der Waals surface area contributed by atoms with E-state index in [1.807, 2.05) is 50.2 Å². The van der Waals surface area contributed by atoms with Crippen LogP contribution in [-0.2, 0) is 24.3 Å². The molecule has 40 heavy (non-hydrogen) atoms. The van der Waals surface area contributed by atoms with Gasteiger partial charge in [-0.15, -0.1) is 15.9 Å². The van der Waals surface area contributed by atoms with Crippen molar-refractivity contribution >= 4 is 27.8 Å². The van der Waals surface area contributed by atoms with Crippen molar-refractivity contribution in [1.82, 2.24) is 19.3 Å². The molecule has 0 unspecified atom stereocenters. The third kappa shape index (κ3) is 5.24. The van der Waals surface area contributed by atoms with Gasteiger partial charge in [-0.2, -0.15) is 4.31 Å². The molecule has 0 fully saturated rings. The lowest BCUT2D eigenvalue weighted by Crippen LogP contribution is -2.31. The van der Waals surface area contributed by atoms with Crippen LogP contribution in [0.5, 0.6) is 0 Å². The number of aromatic nitrogens is 3. The summed E-state index contributed by atoms with van der Waals surface area (Å²) >= 11 is 0. The molecule has 8 nitrogen and oxygen atoms in total. The summed E-state index contributed by atoms with van der Waals surface area (Å²) in [5.74, 6) is -2.14. The molecule has 0 aliphatic carbocycles. The molecule has 4 aromatic rings. The van der Waals surface area contributed by atoms with Crippen LogP contribution >= 0.6 is 10.8 Å². The van der Waals surface area contributed by atoms with Crippen LogP contribution < -0.4 is 0 Å². The fraction of sp³-hybridized carbons (Fsp3) is 0.367. The molecule has 1 aromatic heterocycles. The van der Waals surface area contributed by atoms with E-state index in [1.165, 1.54) is 0 Å². The fourth-order valence-electron chi connectivity index (χ4n) is 5.65. The highest BCUT2D eigenvalue weighted by Gasteiger charge is 2.34. The molecule has 0 saturated heterocycles. The van der Waals surface area contributed by atoms with Gasteiger partial charge in [0.2, 0.25) is 0 Å². The normalized spacial score (nSPS) is 18.7. The van der Waals surface area contributed by atoms with Crippen LogP contribution in [-0.4, -0.2) is 46.0 Å². The van der Waals surface area contributed by atoms with E-state index in [-0.39, 0.29) is 30.0 Å². The first-order chi connectivity index (χ1) is 19.1. The van der Waals surface area contributed by atoms with Crippen molar-refractivity contribution in [2.75, 3.05) is 6.54 Å². The number of aryl methyl sites for hydroxylation is 2. The number of carboxylic acids is 1. The molecular weight excluding hydrogens is 531 g/mol. The third-order valence-corrected chi connectivity index (χ3v) is 9.99. The van der Waals surface area contributed by atoms with Gasteiger partial charge in [0.15, 0.2) is 5.82 Å². The molecule has 0 saturated carbocycles. The van der Waals surface area contributed by atoms with E-state index in [2.05, 4.69) is 17.2 Å². The third-order valence-electron chi connectivity index (χ3n) is 8.01. The standard InChI is InChI=1S/C30H35FN4O4S/c1-4-20-14-22-8-6-7-9-27(22)40(38,39)34(17-20)18-23-15-21(11-10-19(23)3)25(16-28(36)37)24-12-13-26-30(29(24)31)32-33-35(26)5-2/h6-13,15,20,25,38-39H,4-5,14,16-18H2,1-3H3,(H,36,37)/t20-,25-/m0/s1. The fourth-order valence-corrected chi connectivity index (χ4v) is 7.43. The van der Waals surface area contributed by atoms with Gasteiger partial charge in [0, 0.05) is 25.6 Å². The summed E-state index contributed by atoms with van der Waals surface area (Å²) in [5, 5.41) is 17.8. The molecule has 0 radical (unpaired) electrons. The van der Waals surface area contributed by atoms with E-state index in [0.717, 1.165) is 29.5 Å². The second kappa shape index (κ2) is 11.3. The molecule has 10 heteroatoms. The van der Waals surface area contributed by atoms with Crippen LogP contribution in [0.25, 0.3) is 11.0 Å². The van der Waals surface area contributed by atoms with Crippen LogP contribution in [0.4, 0.5) is 4.39 Å². The van der Waals surface area contributed by atoms with E-state index in [1.54, 1.807) is 27.2 Å². The number of hydrogen-bond donors (Lipinski definition) is 3. The lowest BCUT2D eigenvalue weighted by molar-refractivity contribution is -0.137. The predicted octanol–water partition coefficient (Wildman–Crippen LogP) is 6.61. The average molecular weight is 567 g/mol. The van der Waals surface area contributed by atoms with E-state index < -0.39 is 28.5 Å². The van der Waals surface area contributed by atoms with Crippen molar-refractivity contribution < 1.29 is 23.4 Å². The number of nitrogens with zero attached hydrogens (tertiary/aromatic N) is 4. The molecule has 3 N–H and O–H groups in total. The number of benzene rings is 3. The van der Waals surface area contributed by atoms with Gasteiger partial charge in [-0.05, 0) is 66.1 Å². The first-order valence-corrected chi connectivity index (χ1v) is 15.1. The summed E-state index contributed by atoms with van der Waals surface area (Å²) in [6, 6.07) is 16.4. The van der Waals surface area contributed by atoms with E-state index in [0.29, 0.717) is 29.1 Å². The molecule has 1 aliphatic heterocycles. The Kier molecular flexibility index (Phi) is 7.96. The highest BCUT2D eigenvalue weighted by Crippen LogP contribution is 2.56. The first kappa shape index (κ1) is 28.2. The highest BCUT2D eigenvalue weighted by molar-refractivity contribution is 8.22. The van der Waals surface area contributed by atoms with Gasteiger partial charge in [0.05, 0.1) is 16.8 Å². The van der Waals surface area contributed by atoms with E-state index >= 15 is 4.39 Å². The van der Waals surface area contributed by atoms with Gasteiger partial charge >= 0.3 is 5.97 Å². The van der Waals surface area contributed by atoms with Crippen LogP contribution in [0.1, 0.15) is 60.4 Å². The molecule has 0 amide bonds.